The predicted octanol–water partition coefficient (Wildman–Crippen LogP) is 4.40. The second-order valence-corrected chi connectivity index (χ2v) is 7.90. The average Bonchev–Trinajstić information content (AvgIpc) is 3.30. The van der Waals surface area contributed by atoms with Gasteiger partial charge >= 0.3 is 0 Å². The SMILES string of the molecule is CCC(CNC(=O)[C@H](Cc1ccccc1)NC(=O)c1cccs1)c1ccccc1. The molecule has 3 aromatic rings. The van der Waals surface area contributed by atoms with Crippen molar-refractivity contribution in [1.29, 1.82) is 0 Å². The van der Waals surface area contributed by atoms with E-state index in [9.17, 15) is 9.59 Å². The third-order valence-electron chi connectivity index (χ3n) is 4.94. The topological polar surface area (TPSA) is 58.2 Å². The summed E-state index contributed by atoms with van der Waals surface area (Å²) in [6.07, 6.45) is 1.38. The summed E-state index contributed by atoms with van der Waals surface area (Å²) in [7, 11) is 0. The number of rotatable bonds is 9. The van der Waals surface area contributed by atoms with Crippen LogP contribution < -0.4 is 10.6 Å². The van der Waals surface area contributed by atoms with Crippen molar-refractivity contribution in [2.24, 2.45) is 0 Å². The van der Waals surface area contributed by atoms with E-state index < -0.39 is 6.04 Å². The molecule has 0 saturated carbocycles. The molecule has 150 valence electrons. The molecule has 3 rings (SSSR count). The van der Waals surface area contributed by atoms with Crippen LogP contribution >= 0.6 is 11.3 Å². The van der Waals surface area contributed by atoms with Gasteiger partial charge in [-0.2, -0.15) is 0 Å². The molecule has 2 amide bonds. The minimum atomic E-state index is -0.625. The Morgan fingerprint density at radius 1 is 0.931 bits per heavy atom. The van der Waals surface area contributed by atoms with Crippen LogP contribution in [-0.4, -0.2) is 24.4 Å². The Hall–Kier alpha value is -2.92. The van der Waals surface area contributed by atoms with Gasteiger partial charge in [-0.3, -0.25) is 9.59 Å². The summed E-state index contributed by atoms with van der Waals surface area (Å²) in [5, 5.41) is 7.82. The van der Waals surface area contributed by atoms with Crippen LogP contribution in [0.25, 0.3) is 0 Å². The first-order valence-electron chi connectivity index (χ1n) is 9.88. The van der Waals surface area contributed by atoms with E-state index in [-0.39, 0.29) is 17.7 Å². The minimum absolute atomic E-state index is 0.159. The molecule has 29 heavy (non-hydrogen) atoms. The Morgan fingerprint density at radius 2 is 1.62 bits per heavy atom. The lowest BCUT2D eigenvalue weighted by atomic mass is 9.96. The molecule has 1 unspecified atom stereocenters. The molecule has 1 aromatic heterocycles. The fourth-order valence-corrected chi connectivity index (χ4v) is 3.89. The standard InChI is InChI=1S/C24H26N2O2S/c1-2-19(20-12-7-4-8-13-20)17-25-23(27)21(16-18-10-5-3-6-11-18)26-24(28)22-14-9-15-29-22/h3-15,19,21H,2,16-17H2,1H3,(H,25,27)(H,26,28)/t19?,21-/m0/s1. The molecule has 5 heteroatoms. The van der Waals surface area contributed by atoms with E-state index in [1.165, 1.54) is 16.9 Å². The maximum atomic E-state index is 13.0. The van der Waals surface area contributed by atoms with Crippen molar-refractivity contribution < 1.29 is 9.59 Å². The lowest BCUT2D eigenvalue weighted by molar-refractivity contribution is -0.123. The van der Waals surface area contributed by atoms with Crippen LogP contribution in [0.5, 0.6) is 0 Å². The monoisotopic (exact) mass is 406 g/mol. The molecular weight excluding hydrogens is 380 g/mol. The van der Waals surface area contributed by atoms with Crippen molar-refractivity contribution in [2.75, 3.05) is 6.54 Å². The first-order chi connectivity index (χ1) is 14.2. The Labute approximate surface area is 176 Å². The molecule has 0 saturated heterocycles. The van der Waals surface area contributed by atoms with Crippen LogP contribution in [-0.2, 0) is 11.2 Å². The summed E-state index contributed by atoms with van der Waals surface area (Å²) in [4.78, 5) is 26.1. The summed E-state index contributed by atoms with van der Waals surface area (Å²) in [5.74, 6) is -0.134. The number of carbonyl (C=O) groups is 2. The Morgan fingerprint density at radius 3 is 2.24 bits per heavy atom. The van der Waals surface area contributed by atoms with Gasteiger partial charge in [0.1, 0.15) is 6.04 Å². The molecular formula is C24H26N2O2S. The molecule has 0 bridgehead atoms. The molecule has 0 aliphatic carbocycles. The quantitative estimate of drug-likeness (QED) is 0.553. The molecule has 4 nitrogen and oxygen atoms in total. The second kappa shape index (κ2) is 10.6. The maximum Gasteiger partial charge on any atom is 0.262 e. The second-order valence-electron chi connectivity index (χ2n) is 6.95. The van der Waals surface area contributed by atoms with Crippen molar-refractivity contribution >= 4 is 23.2 Å². The third-order valence-corrected chi connectivity index (χ3v) is 5.80. The van der Waals surface area contributed by atoms with Gasteiger partial charge in [0, 0.05) is 18.9 Å². The van der Waals surface area contributed by atoms with Crippen molar-refractivity contribution in [1.82, 2.24) is 10.6 Å². The summed E-state index contributed by atoms with van der Waals surface area (Å²) in [6, 6.07) is 22.9. The fraction of sp³-hybridized carbons (Fsp3) is 0.250. The van der Waals surface area contributed by atoms with Gasteiger partial charge in [0.15, 0.2) is 0 Å². The van der Waals surface area contributed by atoms with Gasteiger partial charge in [-0.25, -0.2) is 0 Å². The molecule has 1 heterocycles. The molecule has 0 aliphatic rings. The zero-order valence-corrected chi connectivity index (χ0v) is 17.3. The molecule has 2 aromatic carbocycles. The van der Waals surface area contributed by atoms with Crippen LogP contribution in [0, 0.1) is 0 Å². The highest BCUT2D eigenvalue weighted by molar-refractivity contribution is 7.12. The van der Waals surface area contributed by atoms with Gasteiger partial charge in [-0.1, -0.05) is 73.7 Å². The Bertz CT molecular complexity index is 895. The van der Waals surface area contributed by atoms with Gasteiger partial charge < -0.3 is 10.6 Å². The number of benzene rings is 2. The van der Waals surface area contributed by atoms with Crippen molar-refractivity contribution in [2.45, 2.75) is 31.7 Å². The van der Waals surface area contributed by atoms with Crippen LogP contribution in [0.1, 0.15) is 40.1 Å². The number of hydrogen-bond donors (Lipinski definition) is 2. The van der Waals surface area contributed by atoms with Gasteiger partial charge in [0.2, 0.25) is 5.91 Å². The highest BCUT2D eigenvalue weighted by atomic mass is 32.1. The predicted molar refractivity (Wildman–Crippen MR) is 118 cm³/mol. The molecule has 0 radical (unpaired) electrons. The molecule has 2 N–H and O–H groups in total. The van der Waals surface area contributed by atoms with Gasteiger partial charge in [-0.15, -0.1) is 11.3 Å². The third kappa shape index (κ3) is 6.03. The van der Waals surface area contributed by atoms with E-state index in [4.69, 9.17) is 0 Å². The summed E-state index contributed by atoms with van der Waals surface area (Å²) in [6.45, 7) is 2.66. The smallest absolute Gasteiger partial charge is 0.262 e. The highest BCUT2D eigenvalue weighted by Crippen LogP contribution is 2.18. The largest absolute Gasteiger partial charge is 0.354 e. The lowest BCUT2D eigenvalue weighted by Gasteiger charge is -2.21. The fourth-order valence-electron chi connectivity index (χ4n) is 3.27. The van der Waals surface area contributed by atoms with Crippen LogP contribution in [0.15, 0.2) is 78.2 Å². The van der Waals surface area contributed by atoms with E-state index in [1.807, 2.05) is 60.0 Å². The van der Waals surface area contributed by atoms with E-state index in [2.05, 4.69) is 29.7 Å². The number of amides is 2. The van der Waals surface area contributed by atoms with E-state index >= 15 is 0 Å². The number of hydrogen-bond acceptors (Lipinski definition) is 3. The zero-order valence-electron chi connectivity index (χ0n) is 16.5. The molecule has 0 spiro atoms. The van der Waals surface area contributed by atoms with Crippen molar-refractivity contribution in [3.8, 4) is 0 Å². The summed E-state index contributed by atoms with van der Waals surface area (Å²) < 4.78 is 0. The molecule has 0 fully saturated rings. The maximum absolute atomic E-state index is 13.0. The number of nitrogens with one attached hydrogen (secondary N) is 2. The van der Waals surface area contributed by atoms with Crippen molar-refractivity contribution in [3.63, 3.8) is 0 Å². The van der Waals surface area contributed by atoms with Gasteiger partial charge in [0.25, 0.3) is 5.91 Å². The molecule has 2 atom stereocenters. The Kier molecular flexibility index (Phi) is 7.59. The summed E-state index contributed by atoms with van der Waals surface area (Å²) >= 11 is 1.37. The van der Waals surface area contributed by atoms with Crippen LogP contribution in [0.3, 0.4) is 0 Å². The first-order valence-corrected chi connectivity index (χ1v) is 10.8. The normalized spacial score (nSPS) is 12.7. The molecule has 0 aliphatic heterocycles. The Balaban J connectivity index is 1.68. The number of carbonyl (C=O) groups excluding carboxylic acids is 2. The number of thiophene rings is 1. The van der Waals surface area contributed by atoms with Crippen LogP contribution in [0.2, 0.25) is 0 Å². The highest BCUT2D eigenvalue weighted by Gasteiger charge is 2.23. The lowest BCUT2D eigenvalue weighted by Crippen LogP contribution is -2.48. The average molecular weight is 407 g/mol. The zero-order chi connectivity index (χ0) is 20.5. The first kappa shape index (κ1) is 20.8. The van der Waals surface area contributed by atoms with E-state index in [0.717, 1.165) is 12.0 Å². The van der Waals surface area contributed by atoms with E-state index in [1.54, 1.807) is 6.07 Å². The van der Waals surface area contributed by atoms with Crippen LogP contribution in [0.4, 0.5) is 0 Å². The van der Waals surface area contributed by atoms with Crippen molar-refractivity contribution in [3.05, 3.63) is 94.2 Å². The van der Waals surface area contributed by atoms with E-state index in [0.29, 0.717) is 17.8 Å². The van der Waals surface area contributed by atoms with Gasteiger partial charge in [0.05, 0.1) is 4.88 Å². The summed E-state index contributed by atoms with van der Waals surface area (Å²) in [5.41, 5.74) is 2.21. The van der Waals surface area contributed by atoms with Gasteiger partial charge in [-0.05, 0) is 29.0 Å². The minimum Gasteiger partial charge on any atom is -0.354 e.